The van der Waals surface area contributed by atoms with Crippen molar-refractivity contribution in [2.75, 3.05) is 13.2 Å². The predicted molar refractivity (Wildman–Crippen MR) is 67.9 cm³/mol. The summed E-state index contributed by atoms with van der Waals surface area (Å²) < 4.78 is 37.6. The number of halogens is 2. The highest BCUT2D eigenvalue weighted by atomic mass is 19.1. The third-order valence-corrected chi connectivity index (χ3v) is 3.15. The number of para-hydroxylation sites is 1. The summed E-state index contributed by atoms with van der Waals surface area (Å²) in [6, 6.07) is 8.10. The number of rotatable bonds is 2. The zero-order valence-corrected chi connectivity index (χ0v) is 10.5. The first-order chi connectivity index (χ1) is 9.66. The van der Waals surface area contributed by atoms with Crippen LogP contribution in [-0.4, -0.2) is 18.3 Å². The maximum absolute atomic E-state index is 13.7. The predicted octanol–water partition coefficient (Wildman–Crippen LogP) is 2.82. The maximum atomic E-state index is 13.7. The van der Waals surface area contributed by atoms with Crippen molar-refractivity contribution in [1.82, 2.24) is 0 Å². The van der Waals surface area contributed by atoms with Crippen LogP contribution >= 0.6 is 0 Å². The second-order valence-electron chi connectivity index (χ2n) is 4.44. The summed E-state index contributed by atoms with van der Waals surface area (Å²) in [5.41, 5.74) is 0.390. The second kappa shape index (κ2) is 5.09. The molecule has 3 nitrogen and oxygen atoms in total. The second-order valence-corrected chi connectivity index (χ2v) is 4.44. The molecule has 0 saturated carbocycles. The molecule has 1 atom stereocenters. The molecule has 1 aliphatic heterocycles. The molecule has 3 rings (SSSR count). The van der Waals surface area contributed by atoms with Gasteiger partial charge in [0.25, 0.3) is 0 Å². The number of fused-ring (bicyclic) bond motifs is 1. The van der Waals surface area contributed by atoms with E-state index in [9.17, 15) is 13.9 Å². The highest BCUT2D eigenvalue weighted by Crippen LogP contribution is 2.39. The average Bonchev–Trinajstić information content (AvgIpc) is 2.46. The van der Waals surface area contributed by atoms with Gasteiger partial charge in [0.2, 0.25) is 0 Å². The van der Waals surface area contributed by atoms with Gasteiger partial charge in [0.15, 0.2) is 11.5 Å². The molecule has 0 amide bonds. The quantitative estimate of drug-likeness (QED) is 0.918. The summed E-state index contributed by atoms with van der Waals surface area (Å²) in [5, 5.41) is 10.3. The van der Waals surface area contributed by atoms with Crippen molar-refractivity contribution in [1.29, 1.82) is 0 Å². The third-order valence-electron chi connectivity index (χ3n) is 3.15. The Morgan fingerprint density at radius 2 is 1.80 bits per heavy atom. The summed E-state index contributed by atoms with van der Waals surface area (Å²) in [7, 11) is 0. The van der Waals surface area contributed by atoms with E-state index in [1.54, 1.807) is 18.2 Å². The molecule has 20 heavy (non-hydrogen) atoms. The monoisotopic (exact) mass is 278 g/mol. The van der Waals surface area contributed by atoms with Gasteiger partial charge in [-0.05, 0) is 12.1 Å². The van der Waals surface area contributed by atoms with Crippen LogP contribution in [0.4, 0.5) is 8.78 Å². The van der Waals surface area contributed by atoms with E-state index in [0.29, 0.717) is 30.3 Å². The van der Waals surface area contributed by atoms with Crippen LogP contribution in [0.5, 0.6) is 11.5 Å². The van der Waals surface area contributed by atoms with Gasteiger partial charge in [-0.3, -0.25) is 0 Å². The van der Waals surface area contributed by atoms with E-state index in [1.165, 1.54) is 6.07 Å². The fourth-order valence-electron chi connectivity index (χ4n) is 2.20. The minimum atomic E-state index is -1.24. The lowest BCUT2D eigenvalue weighted by atomic mass is 9.99. The SMILES string of the molecule is OC(c1ccc(F)cc1F)c1cccc2c1OCCO2. The van der Waals surface area contributed by atoms with Gasteiger partial charge in [-0.25, -0.2) is 8.78 Å². The molecule has 0 fully saturated rings. The van der Waals surface area contributed by atoms with Crippen LogP contribution in [0.2, 0.25) is 0 Å². The maximum Gasteiger partial charge on any atom is 0.167 e. The molecule has 2 aromatic carbocycles. The summed E-state index contributed by atoms with van der Waals surface area (Å²) in [6.07, 6.45) is -1.24. The first-order valence-electron chi connectivity index (χ1n) is 6.18. The number of benzene rings is 2. The van der Waals surface area contributed by atoms with Crippen LogP contribution in [0.3, 0.4) is 0 Å². The smallest absolute Gasteiger partial charge is 0.167 e. The average molecular weight is 278 g/mol. The van der Waals surface area contributed by atoms with Crippen molar-refractivity contribution < 1.29 is 23.4 Å². The Morgan fingerprint density at radius 3 is 2.60 bits per heavy atom. The van der Waals surface area contributed by atoms with Gasteiger partial charge in [-0.2, -0.15) is 0 Å². The van der Waals surface area contributed by atoms with Gasteiger partial charge >= 0.3 is 0 Å². The van der Waals surface area contributed by atoms with E-state index in [0.717, 1.165) is 12.1 Å². The van der Waals surface area contributed by atoms with E-state index in [2.05, 4.69) is 0 Å². The molecular weight excluding hydrogens is 266 g/mol. The Balaban J connectivity index is 2.04. The lowest BCUT2D eigenvalue weighted by Gasteiger charge is -2.23. The number of aliphatic hydroxyl groups excluding tert-OH is 1. The van der Waals surface area contributed by atoms with E-state index in [1.807, 2.05) is 0 Å². The summed E-state index contributed by atoms with van der Waals surface area (Å²) in [4.78, 5) is 0. The standard InChI is InChI=1S/C15H12F2O3/c16-9-4-5-10(12(17)8-9)14(18)11-2-1-3-13-15(11)20-7-6-19-13/h1-5,8,14,18H,6-7H2. The fraction of sp³-hybridized carbons (Fsp3) is 0.200. The number of aliphatic hydroxyl groups is 1. The molecule has 5 heteroatoms. The molecule has 1 unspecified atom stereocenters. The zero-order valence-electron chi connectivity index (χ0n) is 10.5. The normalized spacial score (nSPS) is 14.9. The van der Waals surface area contributed by atoms with Crippen LogP contribution in [0, 0.1) is 11.6 Å². The summed E-state index contributed by atoms with van der Waals surface area (Å²) in [5.74, 6) is -0.578. The largest absolute Gasteiger partial charge is 0.486 e. The van der Waals surface area contributed by atoms with Crippen LogP contribution < -0.4 is 9.47 Å². The molecule has 0 aliphatic carbocycles. The minimum Gasteiger partial charge on any atom is -0.486 e. The molecule has 0 saturated heterocycles. The Morgan fingerprint density at radius 1 is 1.00 bits per heavy atom. The van der Waals surface area contributed by atoms with Gasteiger partial charge < -0.3 is 14.6 Å². The molecule has 0 radical (unpaired) electrons. The molecule has 1 heterocycles. The van der Waals surface area contributed by atoms with Crippen molar-refractivity contribution in [2.45, 2.75) is 6.10 Å². The molecular formula is C15H12F2O3. The van der Waals surface area contributed by atoms with Crippen LogP contribution in [0.25, 0.3) is 0 Å². The Hall–Kier alpha value is -2.14. The van der Waals surface area contributed by atoms with Crippen molar-refractivity contribution in [2.24, 2.45) is 0 Å². The number of hydrogen-bond acceptors (Lipinski definition) is 3. The molecule has 1 aliphatic rings. The highest BCUT2D eigenvalue weighted by Gasteiger charge is 2.23. The molecule has 2 aromatic rings. The third kappa shape index (κ3) is 2.20. The van der Waals surface area contributed by atoms with Crippen molar-refractivity contribution in [3.8, 4) is 11.5 Å². The van der Waals surface area contributed by atoms with E-state index in [4.69, 9.17) is 9.47 Å². The van der Waals surface area contributed by atoms with Crippen molar-refractivity contribution >= 4 is 0 Å². The molecule has 104 valence electrons. The van der Waals surface area contributed by atoms with Gasteiger partial charge in [0.1, 0.15) is 31.0 Å². The zero-order chi connectivity index (χ0) is 14.1. The first kappa shape index (κ1) is 12.9. The van der Waals surface area contributed by atoms with E-state index in [-0.39, 0.29) is 5.56 Å². The molecule has 0 aromatic heterocycles. The van der Waals surface area contributed by atoms with E-state index < -0.39 is 17.7 Å². The Labute approximate surface area is 114 Å². The summed E-state index contributed by atoms with van der Waals surface area (Å²) >= 11 is 0. The van der Waals surface area contributed by atoms with Gasteiger partial charge in [-0.15, -0.1) is 0 Å². The first-order valence-corrected chi connectivity index (χ1v) is 6.18. The van der Waals surface area contributed by atoms with Crippen molar-refractivity contribution in [3.63, 3.8) is 0 Å². The van der Waals surface area contributed by atoms with Gasteiger partial charge in [0, 0.05) is 17.2 Å². The van der Waals surface area contributed by atoms with Gasteiger partial charge in [-0.1, -0.05) is 18.2 Å². The van der Waals surface area contributed by atoms with Crippen LogP contribution in [0.15, 0.2) is 36.4 Å². The molecule has 0 bridgehead atoms. The fourth-order valence-corrected chi connectivity index (χ4v) is 2.20. The molecule has 0 spiro atoms. The topological polar surface area (TPSA) is 38.7 Å². The number of hydrogen-bond donors (Lipinski definition) is 1. The number of ether oxygens (including phenoxy) is 2. The lowest BCUT2D eigenvalue weighted by molar-refractivity contribution is 0.157. The van der Waals surface area contributed by atoms with Gasteiger partial charge in [0.05, 0.1) is 0 Å². The van der Waals surface area contributed by atoms with Crippen LogP contribution in [-0.2, 0) is 0 Å². The summed E-state index contributed by atoms with van der Waals surface area (Å²) in [6.45, 7) is 0.792. The lowest BCUT2D eigenvalue weighted by Crippen LogP contribution is -2.17. The molecule has 1 N–H and O–H groups in total. The Kier molecular flexibility index (Phi) is 3.28. The Bertz CT molecular complexity index is 643. The van der Waals surface area contributed by atoms with Crippen molar-refractivity contribution in [3.05, 3.63) is 59.2 Å². The van der Waals surface area contributed by atoms with E-state index >= 15 is 0 Å². The minimum absolute atomic E-state index is 0.00558. The highest BCUT2D eigenvalue weighted by molar-refractivity contribution is 5.50. The van der Waals surface area contributed by atoms with Crippen LogP contribution in [0.1, 0.15) is 17.2 Å².